The lowest BCUT2D eigenvalue weighted by Crippen LogP contribution is -1.99. The molecule has 0 spiro atoms. The van der Waals surface area contributed by atoms with Gasteiger partial charge in [-0.15, -0.1) is 0 Å². The molecule has 10 heteroatoms. The first-order valence-corrected chi connectivity index (χ1v) is 8.55. The van der Waals surface area contributed by atoms with Crippen LogP contribution in [0.5, 0.6) is 0 Å². The second-order valence-electron chi connectivity index (χ2n) is 3.85. The van der Waals surface area contributed by atoms with Crippen LogP contribution in [-0.4, -0.2) is 13.0 Å². The number of hydrogen-bond acceptors (Lipinski definition) is 4. The molecular weight excluding hydrogens is 405 g/mol. The SMILES string of the molecule is O=S(=O)([O-])c1oc(C(Cl)Cl)cc1-c1c(Cl)cc(Cl)cc1Cl. The molecule has 1 aromatic carbocycles. The molecule has 0 aliphatic heterocycles. The zero-order valence-electron chi connectivity index (χ0n) is 9.74. The van der Waals surface area contributed by atoms with E-state index in [0.29, 0.717) is 0 Å². The molecule has 0 bridgehead atoms. The second-order valence-corrected chi connectivity index (χ2v) is 7.48. The van der Waals surface area contributed by atoms with Crippen LogP contribution in [0.3, 0.4) is 0 Å². The van der Waals surface area contributed by atoms with Crippen LogP contribution in [0.4, 0.5) is 0 Å². The van der Waals surface area contributed by atoms with E-state index < -0.39 is 20.0 Å². The Morgan fingerprint density at radius 2 is 1.57 bits per heavy atom. The Morgan fingerprint density at radius 1 is 1.05 bits per heavy atom. The van der Waals surface area contributed by atoms with Gasteiger partial charge in [-0.05, 0) is 18.2 Å². The summed E-state index contributed by atoms with van der Waals surface area (Å²) in [5.41, 5.74) is -0.0425. The Bertz CT molecular complexity index is 774. The summed E-state index contributed by atoms with van der Waals surface area (Å²) in [6.07, 6.45) is 0. The van der Waals surface area contributed by atoms with Gasteiger partial charge in [0.1, 0.15) is 5.76 Å². The third-order valence-corrected chi connectivity index (χ3v) is 4.44. The van der Waals surface area contributed by atoms with Crippen LogP contribution in [0, 0.1) is 0 Å². The van der Waals surface area contributed by atoms with Gasteiger partial charge in [-0.3, -0.25) is 0 Å². The summed E-state index contributed by atoms with van der Waals surface area (Å²) >= 11 is 29.0. The highest BCUT2D eigenvalue weighted by Crippen LogP contribution is 2.43. The van der Waals surface area contributed by atoms with Crippen LogP contribution in [0.25, 0.3) is 11.1 Å². The Labute approximate surface area is 145 Å². The summed E-state index contributed by atoms with van der Waals surface area (Å²) in [4.78, 5) is -1.16. The first kappa shape index (κ1) is 17.2. The number of halogens is 5. The molecular formula is C11H4Cl5O4S-. The van der Waals surface area contributed by atoms with E-state index in [1.807, 2.05) is 0 Å². The minimum absolute atomic E-state index is 0.0467. The van der Waals surface area contributed by atoms with Crippen molar-refractivity contribution in [2.45, 2.75) is 9.93 Å². The second kappa shape index (κ2) is 6.16. The van der Waals surface area contributed by atoms with Gasteiger partial charge in [-0.2, -0.15) is 0 Å². The smallest absolute Gasteiger partial charge is 0.213 e. The number of hydrogen-bond donors (Lipinski definition) is 0. The molecule has 0 radical (unpaired) electrons. The molecule has 0 atom stereocenters. The summed E-state index contributed by atoms with van der Waals surface area (Å²) in [5.74, 6) is -0.121. The maximum Gasteiger partial charge on any atom is 0.213 e. The van der Waals surface area contributed by atoms with Gasteiger partial charge in [0, 0.05) is 16.1 Å². The van der Waals surface area contributed by atoms with Crippen molar-refractivity contribution in [2.75, 3.05) is 0 Å². The average Bonchev–Trinajstić information content (AvgIpc) is 2.71. The highest BCUT2D eigenvalue weighted by atomic mass is 35.5. The lowest BCUT2D eigenvalue weighted by Gasteiger charge is -2.10. The van der Waals surface area contributed by atoms with Crippen molar-refractivity contribution in [1.29, 1.82) is 0 Å². The number of alkyl halides is 2. The van der Waals surface area contributed by atoms with Crippen LogP contribution in [0.15, 0.2) is 27.7 Å². The molecule has 21 heavy (non-hydrogen) atoms. The number of furan rings is 1. The van der Waals surface area contributed by atoms with Gasteiger partial charge in [0.15, 0.2) is 15.0 Å². The topological polar surface area (TPSA) is 70.3 Å². The molecule has 0 amide bonds. The highest BCUT2D eigenvalue weighted by molar-refractivity contribution is 7.85. The molecule has 4 nitrogen and oxygen atoms in total. The molecule has 0 unspecified atom stereocenters. The maximum atomic E-state index is 11.3. The fourth-order valence-electron chi connectivity index (χ4n) is 1.66. The van der Waals surface area contributed by atoms with Crippen LogP contribution in [0.2, 0.25) is 15.1 Å². The van der Waals surface area contributed by atoms with Gasteiger partial charge in [-0.25, -0.2) is 8.42 Å². The molecule has 0 saturated heterocycles. The van der Waals surface area contributed by atoms with Crippen molar-refractivity contribution in [3.8, 4) is 11.1 Å². The van der Waals surface area contributed by atoms with Crippen LogP contribution in [-0.2, 0) is 10.1 Å². The van der Waals surface area contributed by atoms with Crippen molar-refractivity contribution in [2.24, 2.45) is 0 Å². The van der Waals surface area contributed by atoms with E-state index in [2.05, 4.69) is 0 Å². The van der Waals surface area contributed by atoms with Gasteiger partial charge >= 0.3 is 0 Å². The molecule has 0 fully saturated rings. The normalized spacial score (nSPS) is 12.1. The lowest BCUT2D eigenvalue weighted by molar-refractivity contribution is 0.384. The highest BCUT2D eigenvalue weighted by Gasteiger charge is 2.24. The van der Waals surface area contributed by atoms with Gasteiger partial charge < -0.3 is 8.97 Å². The lowest BCUT2D eigenvalue weighted by atomic mass is 10.1. The minimum atomic E-state index is -4.92. The molecule has 0 aliphatic carbocycles. The zero-order valence-corrected chi connectivity index (χ0v) is 14.3. The Balaban J connectivity index is 2.81. The van der Waals surface area contributed by atoms with Crippen LogP contribution in [0.1, 0.15) is 10.6 Å². The average molecular weight is 409 g/mol. The predicted molar refractivity (Wildman–Crippen MR) is 81.6 cm³/mol. The zero-order chi connectivity index (χ0) is 15.9. The predicted octanol–water partition coefficient (Wildman–Crippen LogP) is 5.29. The molecule has 0 N–H and O–H groups in total. The molecule has 2 rings (SSSR count). The van der Waals surface area contributed by atoms with E-state index in [9.17, 15) is 13.0 Å². The summed E-state index contributed by atoms with van der Waals surface area (Å²) in [7, 11) is -4.92. The standard InChI is InChI=1S/C11H5Cl5O4S/c12-4-1-6(13)9(7(14)2-4)5-3-8(10(15)16)20-11(5)21(17,18)19/h1-3,10H,(H,17,18,19)/p-1. The first-order chi connectivity index (χ1) is 9.61. The number of rotatable bonds is 3. The molecule has 1 heterocycles. The van der Waals surface area contributed by atoms with E-state index in [1.54, 1.807) is 0 Å². The Kier molecular flexibility index (Phi) is 5.05. The van der Waals surface area contributed by atoms with E-state index in [0.717, 1.165) is 0 Å². The van der Waals surface area contributed by atoms with Gasteiger partial charge in [-0.1, -0.05) is 58.0 Å². The van der Waals surface area contributed by atoms with Gasteiger partial charge in [0.05, 0.1) is 10.0 Å². The van der Waals surface area contributed by atoms with E-state index in [1.165, 1.54) is 18.2 Å². The van der Waals surface area contributed by atoms with Gasteiger partial charge in [0.2, 0.25) is 5.09 Å². The van der Waals surface area contributed by atoms with Crippen molar-refractivity contribution < 1.29 is 17.4 Å². The first-order valence-electron chi connectivity index (χ1n) is 5.14. The number of benzene rings is 1. The Hall–Kier alpha value is -0.140. The maximum absolute atomic E-state index is 11.3. The third-order valence-electron chi connectivity index (χ3n) is 2.44. The summed E-state index contributed by atoms with van der Waals surface area (Å²) < 4.78 is 38.8. The van der Waals surface area contributed by atoms with Crippen molar-refractivity contribution >= 4 is 68.1 Å². The van der Waals surface area contributed by atoms with Gasteiger partial charge in [0.25, 0.3) is 0 Å². The van der Waals surface area contributed by atoms with Crippen LogP contribution >= 0.6 is 58.0 Å². The fourth-order valence-corrected chi connectivity index (χ4v) is 3.52. The summed E-state index contributed by atoms with van der Waals surface area (Å²) in [6, 6.07) is 3.88. The van der Waals surface area contributed by atoms with E-state index in [-0.39, 0.29) is 32.0 Å². The monoisotopic (exact) mass is 407 g/mol. The third kappa shape index (κ3) is 3.62. The van der Waals surface area contributed by atoms with Crippen molar-refractivity contribution in [3.05, 3.63) is 39.0 Å². The minimum Gasteiger partial charge on any atom is -0.742 e. The molecule has 0 aliphatic rings. The molecule has 2 aromatic rings. The Morgan fingerprint density at radius 3 is 2.00 bits per heavy atom. The fraction of sp³-hybridized carbons (Fsp3) is 0.0909. The molecule has 114 valence electrons. The quantitative estimate of drug-likeness (QED) is 0.510. The summed E-state index contributed by atoms with van der Waals surface area (Å²) in [5, 5.41) is -0.526. The molecule has 0 saturated carbocycles. The van der Waals surface area contributed by atoms with E-state index in [4.69, 9.17) is 62.4 Å². The largest absolute Gasteiger partial charge is 0.742 e. The van der Waals surface area contributed by atoms with Crippen molar-refractivity contribution in [3.63, 3.8) is 0 Å². The molecule has 1 aromatic heterocycles. The van der Waals surface area contributed by atoms with Crippen LogP contribution < -0.4 is 0 Å². The van der Waals surface area contributed by atoms with E-state index >= 15 is 0 Å². The summed E-state index contributed by atoms with van der Waals surface area (Å²) in [6.45, 7) is 0. The van der Waals surface area contributed by atoms with Crippen molar-refractivity contribution in [1.82, 2.24) is 0 Å².